The van der Waals surface area contributed by atoms with E-state index in [0.29, 0.717) is 37.4 Å². The summed E-state index contributed by atoms with van der Waals surface area (Å²) in [5.74, 6) is 0.847. The van der Waals surface area contributed by atoms with E-state index >= 15 is 0 Å². The van der Waals surface area contributed by atoms with E-state index in [1.807, 2.05) is 38.1 Å². The summed E-state index contributed by atoms with van der Waals surface area (Å²) in [5.41, 5.74) is 2.36. The highest BCUT2D eigenvalue weighted by molar-refractivity contribution is 5.95. The molecule has 0 radical (unpaired) electrons. The zero-order chi connectivity index (χ0) is 21.5. The van der Waals surface area contributed by atoms with Crippen LogP contribution in [0.15, 0.2) is 48.5 Å². The fourth-order valence-corrected chi connectivity index (χ4v) is 3.63. The molecule has 2 aromatic carbocycles. The van der Waals surface area contributed by atoms with Crippen molar-refractivity contribution in [3.05, 3.63) is 54.1 Å². The van der Waals surface area contributed by atoms with Gasteiger partial charge < -0.3 is 24.8 Å². The van der Waals surface area contributed by atoms with Crippen molar-refractivity contribution < 1.29 is 14.3 Å². The third-order valence-corrected chi connectivity index (χ3v) is 5.43. The summed E-state index contributed by atoms with van der Waals surface area (Å²) in [5, 5.41) is 2.93. The molecule has 0 atom stereocenters. The monoisotopic (exact) mass is 410 g/mol. The molecule has 1 aliphatic rings. The normalized spacial score (nSPS) is 13.7. The van der Waals surface area contributed by atoms with Crippen molar-refractivity contribution in [1.82, 2.24) is 9.80 Å². The number of carbonyl (C=O) groups excluding carboxylic acids is 2. The van der Waals surface area contributed by atoms with Crippen LogP contribution in [0.4, 0.5) is 16.2 Å². The smallest absolute Gasteiger partial charge is 0.321 e. The average Bonchev–Trinajstić information content (AvgIpc) is 2.80. The van der Waals surface area contributed by atoms with E-state index in [1.54, 1.807) is 41.2 Å². The lowest BCUT2D eigenvalue weighted by Gasteiger charge is -2.36. The minimum absolute atomic E-state index is 0.00494. The summed E-state index contributed by atoms with van der Waals surface area (Å²) in [6.45, 7) is 8.01. The first kappa shape index (κ1) is 21.5. The summed E-state index contributed by atoms with van der Waals surface area (Å²) in [4.78, 5) is 30.9. The molecule has 7 nitrogen and oxygen atoms in total. The van der Waals surface area contributed by atoms with Gasteiger partial charge in [-0.3, -0.25) is 4.79 Å². The lowest BCUT2D eigenvalue weighted by Crippen LogP contribution is -2.50. The quantitative estimate of drug-likeness (QED) is 0.791. The molecule has 0 spiro atoms. The van der Waals surface area contributed by atoms with Crippen molar-refractivity contribution >= 4 is 23.3 Å². The summed E-state index contributed by atoms with van der Waals surface area (Å²) >= 11 is 0. The van der Waals surface area contributed by atoms with Crippen molar-refractivity contribution in [2.75, 3.05) is 56.6 Å². The number of hydrogen-bond acceptors (Lipinski definition) is 4. The lowest BCUT2D eigenvalue weighted by atomic mass is 10.2. The SMILES string of the molecule is CCN(CC)C(=O)c1ccc(NC(=O)N2CCN(c3ccccc3OC)CC2)cc1. The van der Waals surface area contributed by atoms with Gasteiger partial charge in [0.1, 0.15) is 5.75 Å². The Hall–Kier alpha value is -3.22. The molecule has 1 aliphatic heterocycles. The number of amides is 3. The Bertz CT molecular complexity index is 857. The molecule has 1 heterocycles. The molecule has 0 bridgehead atoms. The number of piperazine rings is 1. The van der Waals surface area contributed by atoms with Crippen LogP contribution in [0.1, 0.15) is 24.2 Å². The molecule has 1 fully saturated rings. The number of benzene rings is 2. The Labute approximate surface area is 178 Å². The van der Waals surface area contributed by atoms with E-state index in [-0.39, 0.29) is 11.9 Å². The van der Waals surface area contributed by atoms with Crippen molar-refractivity contribution in [2.45, 2.75) is 13.8 Å². The molecule has 0 unspecified atom stereocenters. The molecule has 3 amide bonds. The lowest BCUT2D eigenvalue weighted by molar-refractivity contribution is 0.0773. The summed E-state index contributed by atoms with van der Waals surface area (Å²) in [6, 6.07) is 14.9. The minimum atomic E-state index is -0.127. The maximum Gasteiger partial charge on any atom is 0.321 e. The van der Waals surface area contributed by atoms with Gasteiger partial charge in [0.15, 0.2) is 0 Å². The van der Waals surface area contributed by atoms with Crippen molar-refractivity contribution in [3.63, 3.8) is 0 Å². The number of urea groups is 1. The number of ether oxygens (including phenoxy) is 1. The third-order valence-electron chi connectivity index (χ3n) is 5.43. The van der Waals surface area contributed by atoms with Crippen LogP contribution in [-0.4, -0.2) is 68.1 Å². The maximum atomic E-state index is 12.6. The molecule has 2 aromatic rings. The zero-order valence-corrected chi connectivity index (χ0v) is 17.9. The number of nitrogens with zero attached hydrogens (tertiary/aromatic N) is 3. The Kier molecular flexibility index (Phi) is 7.17. The molecule has 3 rings (SSSR count). The standard InChI is InChI=1S/C23H30N4O3/c1-4-25(5-2)22(28)18-10-12-19(13-11-18)24-23(29)27-16-14-26(15-17-27)20-8-6-7-9-21(20)30-3/h6-13H,4-5,14-17H2,1-3H3,(H,24,29). The van der Waals surface area contributed by atoms with E-state index in [2.05, 4.69) is 10.2 Å². The number of methoxy groups -OCH3 is 1. The Morgan fingerprint density at radius 1 is 0.967 bits per heavy atom. The second-order valence-corrected chi connectivity index (χ2v) is 7.13. The van der Waals surface area contributed by atoms with Gasteiger partial charge in [0, 0.05) is 50.5 Å². The van der Waals surface area contributed by atoms with Crippen LogP contribution >= 0.6 is 0 Å². The van der Waals surface area contributed by atoms with Crippen LogP contribution in [0.25, 0.3) is 0 Å². The summed E-state index contributed by atoms with van der Waals surface area (Å²) in [7, 11) is 1.67. The fourth-order valence-electron chi connectivity index (χ4n) is 3.63. The molecule has 1 N–H and O–H groups in total. The first-order valence-electron chi connectivity index (χ1n) is 10.4. The van der Waals surface area contributed by atoms with Gasteiger partial charge in [-0.2, -0.15) is 0 Å². The van der Waals surface area contributed by atoms with Crippen molar-refractivity contribution in [3.8, 4) is 5.75 Å². The highest BCUT2D eigenvalue weighted by Gasteiger charge is 2.23. The van der Waals surface area contributed by atoms with Crippen LogP contribution < -0.4 is 15.0 Å². The molecule has 160 valence electrons. The van der Waals surface area contributed by atoms with Gasteiger partial charge in [-0.05, 0) is 50.2 Å². The van der Waals surface area contributed by atoms with Crippen LogP contribution in [0.3, 0.4) is 0 Å². The van der Waals surface area contributed by atoms with E-state index in [1.165, 1.54) is 0 Å². The van der Waals surface area contributed by atoms with Crippen LogP contribution in [0.2, 0.25) is 0 Å². The molecule has 0 aliphatic carbocycles. The van der Waals surface area contributed by atoms with E-state index in [4.69, 9.17) is 4.74 Å². The maximum absolute atomic E-state index is 12.6. The van der Waals surface area contributed by atoms with Crippen molar-refractivity contribution in [1.29, 1.82) is 0 Å². The summed E-state index contributed by atoms with van der Waals surface area (Å²) < 4.78 is 5.45. The first-order chi connectivity index (χ1) is 14.6. The van der Waals surface area contributed by atoms with Gasteiger partial charge >= 0.3 is 6.03 Å². The molecule has 0 saturated carbocycles. The predicted molar refractivity (Wildman–Crippen MR) is 119 cm³/mol. The third kappa shape index (κ3) is 4.84. The second kappa shape index (κ2) is 10.0. The second-order valence-electron chi connectivity index (χ2n) is 7.13. The van der Waals surface area contributed by atoms with Crippen molar-refractivity contribution in [2.24, 2.45) is 0 Å². The van der Waals surface area contributed by atoms with Gasteiger partial charge in [0.25, 0.3) is 5.91 Å². The zero-order valence-electron chi connectivity index (χ0n) is 17.9. The predicted octanol–water partition coefficient (Wildman–Crippen LogP) is 3.53. The highest BCUT2D eigenvalue weighted by Crippen LogP contribution is 2.28. The number of carbonyl (C=O) groups is 2. The number of nitrogens with one attached hydrogen (secondary N) is 1. The Balaban J connectivity index is 1.55. The van der Waals surface area contributed by atoms with Gasteiger partial charge in [0.05, 0.1) is 12.8 Å². The van der Waals surface area contributed by atoms with Gasteiger partial charge in [-0.15, -0.1) is 0 Å². The van der Waals surface area contributed by atoms with Gasteiger partial charge in [-0.25, -0.2) is 4.79 Å². The summed E-state index contributed by atoms with van der Waals surface area (Å²) in [6.07, 6.45) is 0. The average molecular weight is 411 g/mol. The van der Waals surface area contributed by atoms with E-state index < -0.39 is 0 Å². The molecule has 7 heteroatoms. The first-order valence-corrected chi connectivity index (χ1v) is 10.4. The molecule has 1 saturated heterocycles. The van der Waals surface area contributed by atoms with Gasteiger partial charge in [0.2, 0.25) is 0 Å². The molecular weight excluding hydrogens is 380 g/mol. The number of hydrogen-bond donors (Lipinski definition) is 1. The molecule has 30 heavy (non-hydrogen) atoms. The number of anilines is 2. The van der Waals surface area contributed by atoms with Gasteiger partial charge in [-0.1, -0.05) is 12.1 Å². The fraction of sp³-hybridized carbons (Fsp3) is 0.391. The topological polar surface area (TPSA) is 65.1 Å². The Morgan fingerprint density at radius 3 is 2.20 bits per heavy atom. The number of rotatable bonds is 6. The highest BCUT2D eigenvalue weighted by atomic mass is 16.5. The van der Waals surface area contributed by atoms with E-state index in [0.717, 1.165) is 24.5 Å². The molecule has 0 aromatic heterocycles. The van der Waals surface area contributed by atoms with E-state index in [9.17, 15) is 9.59 Å². The number of para-hydroxylation sites is 2. The minimum Gasteiger partial charge on any atom is -0.495 e. The van der Waals surface area contributed by atoms with Crippen LogP contribution in [-0.2, 0) is 0 Å². The van der Waals surface area contributed by atoms with Crippen LogP contribution in [0, 0.1) is 0 Å². The van der Waals surface area contributed by atoms with Crippen LogP contribution in [0.5, 0.6) is 5.75 Å². The Morgan fingerprint density at radius 2 is 1.60 bits per heavy atom. The molecular formula is C23H30N4O3. The largest absolute Gasteiger partial charge is 0.495 e.